The van der Waals surface area contributed by atoms with Crippen molar-refractivity contribution in [1.82, 2.24) is 0 Å². The zero-order chi connectivity index (χ0) is 15.0. The number of anilines is 2. The van der Waals surface area contributed by atoms with Crippen LogP contribution in [0.1, 0.15) is 26.7 Å². The molecule has 0 radical (unpaired) electrons. The van der Waals surface area contributed by atoms with Crippen molar-refractivity contribution in [3.8, 4) is 5.75 Å². The number of hydrogen-bond donors (Lipinski definition) is 2. The summed E-state index contributed by atoms with van der Waals surface area (Å²) in [5.41, 5.74) is 6.86. The number of nitrogen functional groups attached to an aromatic ring is 1. The van der Waals surface area contributed by atoms with Gasteiger partial charge in [0.15, 0.2) is 0 Å². The van der Waals surface area contributed by atoms with Crippen LogP contribution in [0, 0.1) is 5.92 Å². The Morgan fingerprint density at radius 3 is 2.75 bits per heavy atom. The minimum Gasteiger partial charge on any atom is -0.495 e. The Morgan fingerprint density at radius 1 is 1.35 bits per heavy atom. The maximum Gasteiger partial charge on any atom is 0.226 e. The molecule has 1 aromatic rings. The van der Waals surface area contributed by atoms with Gasteiger partial charge in [-0.25, -0.2) is 0 Å². The molecule has 0 saturated carbocycles. The van der Waals surface area contributed by atoms with E-state index in [1.165, 1.54) is 0 Å². The van der Waals surface area contributed by atoms with Crippen molar-refractivity contribution in [3.63, 3.8) is 0 Å². The minimum absolute atomic E-state index is 0.113. The van der Waals surface area contributed by atoms with E-state index in [9.17, 15) is 4.79 Å². The highest BCUT2D eigenvalue weighted by Crippen LogP contribution is 2.26. The molecule has 1 amide bonds. The van der Waals surface area contributed by atoms with E-state index in [1.54, 1.807) is 25.3 Å². The molecule has 0 heterocycles. The van der Waals surface area contributed by atoms with Gasteiger partial charge in [-0.1, -0.05) is 13.8 Å². The molecule has 0 spiro atoms. The molecule has 0 aromatic heterocycles. The minimum atomic E-state index is -0.113. The Morgan fingerprint density at radius 2 is 2.10 bits per heavy atom. The van der Waals surface area contributed by atoms with E-state index in [-0.39, 0.29) is 5.91 Å². The van der Waals surface area contributed by atoms with E-state index in [2.05, 4.69) is 19.2 Å². The summed E-state index contributed by atoms with van der Waals surface area (Å²) in [6.45, 7) is 5.39. The van der Waals surface area contributed by atoms with Crippen LogP contribution >= 0.6 is 0 Å². The molecule has 1 aromatic carbocycles. The van der Waals surface area contributed by atoms with Gasteiger partial charge in [0.25, 0.3) is 0 Å². The lowest BCUT2D eigenvalue weighted by Gasteiger charge is -2.11. The number of benzene rings is 1. The van der Waals surface area contributed by atoms with Crippen LogP contribution < -0.4 is 15.8 Å². The zero-order valence-corrected chi connectivity index (χ0v) is 12.4. The van der Waals surface area contributed by atoms with Crippen LogP contribution in [0.4, 0.5) is 11.4 Å². The van der Waals surface area contributed by atoms with E-state index in [0.717, 1.165) is 6.42 Å². The van der Waals surface area contributed by atoms with Crippen molar-refractivity contribution < 1.29 is 14.3 Å². The van der Waals surface area contributed by atoms with E-state index >= 15 is 0 Å². The molecular formula is C15H24N2O3. The van der Waals surface area contributed by atoms with Gasteiger partial charge in [0.1, 0.15) is 5.75 Å². The molecule has 0 aliphatic carbocycles. The van der Waals surface area contributed by atoms with Crippen molar-refractivity contribution in [1.29, 1.82) is 0 Å². The van der Waals surface area contributed by atoms with Crippen molar-refractivity contribution in [2.24, 2.45) is 5.92 Å². The second-order valence-electron chi connectivity index (χ2n) is 5.05. The Labute approximate surface area is 120 Å². The Kier molecular flexibility index (Phi) is 6.87. The molecule has 20 heavy (non-hydrogen) atoms. The number of carbonyl (C=O) groups excluding carboxylic acids is 1. The van der Waals surface area contributed by atoms with Crippen LogP contribution in [0.25, 0.3) is 0 Å². The highest BCUT2D eigenvalue weighted by atomic mass is 16.5. The fourth-order valence-electron chi connectivity index (χ4n) is 1.62. The van der Waals surface area contributed by atoms with Gasteiger partial charge in [-0.05, 0) is 30.5 Å². The monoisotopic (exact) mass is 280 g/mol. The van der Waals surface area contributed by atoms with Crippen LogP contribution in [-0.4, -0.2) is 26.2 Å². The van der Waals surface area contributed by atoms with E-state index < -0.39 is 0 Å². The first-order valence-corrected chi connectivity index (χ1v) is 6.84. The summed E-state index contributed by atoms with van der Waals surface area (Å²) in [6, 6.07) is 5.13. The molecule has 0 aliphatic rings. The molecular weight excluding hydrogens is 256 g/mol. The van der Waals surface area contributed by atoms with Gasteiger partial charge < -0.3 is 20.5 Å². The smallest absolute Gasteiger partial charge is 0.226 e. The molecule has 5 heteroatoms. The second kappa shape index (κ2) is 8.43. The number of nitrogens with one attached hydrogen (secondary N) is 1. The van der Waals surface area contributed by atoms with Gasteiger partial charge >= 0.3 is 0 Å². The van der Waals surface area contributed by atoms with Gasteiger partial charge in [0, 0.05) is 12.3 Å². The molecule has 5 nitrogen and oxygen atoms in total. The molecule has 0 saturated heterocycles. The summed E-state index contributed by atoms with van der Waals surface area (Å²) >= 11 is 0. The van der Waals surface area contributed by atoms with Crippen LogP contribution in [-0.2, 0) is 9.53 Å². The van der Waals surface area contributed by atoms with Gasteiger partial charge in [0.05, 0.1) is 25.8 Å². The average Bonchev–Trinajstić information content (AvgIpc) is 2.38. The van der Waals surface area contributed by atoms with Crippen molar-refractivity contribution >= 4 is 17.3 Å². The maximum atomic E-state index is 11.8. The van der Waals surface area contributed by atoms with Crippen molar-refractivity contribution in [3.05, 3.63) is 18.2 Å². The lowest BCUT2D eigenvalue weighted by molar-refractivity contribution is -0.117. The summed E-state index contributed by atoms with van der Waals surface area (Å²) in [5.74, 6) is 1.09. The van der Waals surface area contributed by atoms with Gasteiger partial charge in [-0.3, -0.25) is 4.79 Å². The summed E-state index contributed by atoms with van der Waals surface area (Å²) in [5, 5.41) is 2.78. The molecule has 0 aliphatic heterocycles. The number of methoxy groups -OCH3 is 1. The summed E-state index contributed by atoms with van der Waals surface area (Å²) in [4.78, 5) is 11.8. The Balaban J connectivity index is 2.37. The quantitative estimate of drug-likeness (QED) is 0.567. The largest absolute Gasteiger partial charge is 0.495 e. The molecule has 112 valence electrons. The van der Waals surface area contributed by atoms with E-state index in [1.807, 2.05) is 0 Å². The average molecular weight is 280 g/mol. The fourth-order valence-corrected chi connectivity index (χ4v) is 1.62. The van der Waals surface area contributed by atoms with Crippen molar-refractivity contribution in [2.45, 2.75) is 26.7 Å². The standard InChI is InChI=1S/C15H24N2O3/c1-11(2)6-8-20-9-7-15(18)17-13-10-12(16)4-5-14(13)19-3/h4-5,10-11H,6-9,16H2,1-3H3,(H,17,18). The maximum absolute atomic E-state index is 11.8. The van der Waals surface area contributed by atoms with Gasteiger partial charge in [-0.15, -0.1) is 0 Å². The first-order valence-electron chi connectivity index (χ1n) is 6.84. The molecule has 0 fully saturated rings. The topological polar surface area (TPSA) is 73.6 Å². The lowest BCUT2D eigenvalue weighted by Crippen LogP contribution is -2.15. The number of amides is 1. The van der Waals surface area contributed by atoms with Gasteiger partial charge in [-0.2, -0.15) is 0 Å². The fraction of sp³-hybridized carbons (Fsp3) is 0.533. The zero-order valence-electron chi connectivity index (χ0n) is 12.4. The van der Waals surface area contributed by atoms with Crippen LogP contribution in [0.15, 0.2) is 18.2 Å². The number of rotatable bonds is 8. The third-order valence-corrected chi connectivity index (χ3v) is 2.81. The summed E-state index contributed by atoms with van der Waals surface area (Å²) < 4.78 is 10.6. The molecule has 1 rings (SSSR count). The van der Waals surface area contributed by atoms with Crippen LogP contribution in [0.3, 0.4) is 0 Å². The molecule has 0 unspecified atom stereocenters. The predicted octanol–water partition coefficient (Wildman–Crippen LogP) is 2.67. The molecule has 0 bridgehead atoms. The van der Waals surface area contributed by atoms with Crippen LogP contribution in [0.2, 0.25) is 0 Å². The lowest BCUT2D eigenvalue weighted by atomic mass is 10.1. The summed E-state index contributed by atoms with van der Waals surface area (Å²) in [6.07, 6.45) is 1.32. The Hall–Kier alpha value is -1.75. The number of hydrogen-bond acceptors (Lipinski definition) is 4. The first kappa shape index (κ1) is 16.3. The molecule has 3 N–H and O–H groups in total. The highest BCUT2D eigenvalue weighted by Gasteiger charge is 2.08. The molecule has 0 atom stereocenters. The SMILES string of the molecule is COc1ccc(N)cc1NC(=O)CCOCCC(C)C. The Bertz CT molecular complexity index is 433. The van der Waals surface area contributed by atoms with Gasteiger partial charge in [0.2, 0.25) is 5.91 Å². The number of nitrogens with two attached hydrogens (primary N) is 1. The highest BCUT2D eigenvalue weighted by molar-refractivity contribution is 5.92. The summed E-state index contributed by atoms with van der Waals surface area (Å²) in [7, 11) is 1.55. The van der Waals surface area contributed by atoms with E-state index in [0.29, 0.717) is 42.7 Å². The first-order chi connectivity index (χ1) is 9.52. The number of carbonyl (C=O) groups is 1. The normalized spacial score (nSPS) is 10.6. The number of ether oxygens (including phenoxy) is 2. The third-order valence-electron chi connectivity index (χ3n) is 2.81. The van der Waals surface area contributed by atoms with Crippen molar-refractivity contribution in [2.75, 3.05) is 31.4 Å². The van der Waals surface area contributed by atoms with Crippen LogP contribution in [0.5, 0.6) is 5.75 Å². The predicted molar refractivity (Wildman–Crippen MR) is 80.9 cm³/mol. The second-order valence-corrected chi connectivity index (χ2v) is 5.05. The third kappa shape index (κ3) is 5.93. The van der Waals surface area contributed by atoms with E-state index in [4.69, 9.17) is 15.2 Å².